The van der Waals surface area contributed by atoms with Crippen LogP contribution < -0.4 is 9.62 Å². The van der Waals surface area contributed by atoms with Crippen LogP contribution in [0.1, 0.15) is 25.0 Å². The predicted octanol–water partition coefficient (Wildman–Crippen LogP) is 4.52. The second-order valence-corrected chi connectivity index (χ2v) is 11.9. The molecule has 7 nitrogen and oxygen atoms in total. The molecule has 0 spiro atoms. The Balaban J connectivity index is 2.04. The van der Waals surface area contributed by atoms with Gasteiger partial charge in [-0.05, 0) is 35.2 Å². The lowest BCUT2D eigenvalue weighted by Crippen LogP contribution is -2.53. The van der Waals surface area contributed by atoms with Crippen molar-refractivity contribution in [3.8, 4) is 0 Å². The van der Waals surface area contributed by atoms with Crippen molar-refractivity contribution in [3.05, 3.63) is 101 Å². The number of benzene rings is 3. The van der Waals surface area contributed by atoms with E-state index in [1.165, 1.54) is 4.90 Å². The highest BCUT2D eigenvalue weighted by atomic mass is 35.5. The number of halogens is 1. The summed E-state index contributed by atoms with van der Waals surface area (Å²) in [5.41, 5.74) is 1.89. The standard InChI is InChI=1S/C29H34ClN3O4S/c1-22(2)19-31-29(35)27(18-23-12-6-4-7-13-23)32(20-24-14-10-11-17-26(24)30)28(34)21-33(38(3,36)37)25-15-8-5-9-16-25/h4-17,22,27H,18-21H2,1-3H3,(H,31,35)/t27-/m1/s1. The third-order valence-electron chi connectivity index (χ3n) is 5.98. The van der Waals surface area contributed by atoms with Gasteiger partial charge in [0, 0.05) is 24.5 Å². The maximum absolute atomic E-state index is 14.0. The molecule has 0 bridgehead atoms. The molecule has 1 atom stereocenters. The molecule has 0 saturated heterocycles. The van der Waals surface area contributed by atoms with Gasteiger partial charge in [-0.15, -0.1) is 0 Å². The Morgan fingerprint density at radius 3 is 2.05 bits per heavy atom. The van der Waals surface area contributed by atoms with Gasteiger partial charge in [0.15, 0.2) is 0 Å². The maximum atomic E-state index is 14.0. The van der Waals surface area contributed by atoms with Gasteiger partial charge in [-0.1, -0.05) is 92.2 Å². The first-order chi connectivity index (χ1) is 18.1. The third kappa shape index (κ3) is 8.33. The normalized spacial score (nSPS) is 12.1. The van der Waals surface area contributed by atoms with Crippen LogP contribution in [0.15, 0.2) is 84.9 Å². The fourth-order valence-corrected chi connectivity index (χ4v) is 5.04. The minimum absolute atomic E-state index is 0.0392. The molecule has 0 saturated carbocycles. The van der Waals surface area contributed by atoms with Crippen molar-refractivity contribution < 1.29 is 18.0 Å². The first-order valence-corrected chi connectivity index (χ1v) is 14.7. The van der Waals surface area contributed by atoms with Gasteiger partial charge >= 0.3 is 0 Å². The number of anilines is 1. The molecule has 0 fully saturated rings. The highest BCUT2D eigenvalue weighted by Gasteiger charge is 2.33. The summed E-state index contributed by atoms with van der Waals surface area (Å²) in [6, 6.07) is 24.1. The fourth-order valence-electron chi connectivity index (χ4n) is 3.99. The van der Waals surface area contributed by atoms with Crippen LogP contribution in [0.3, 0.4) is 0 Å². The van der Waals surface area contributed by atoms with Gasteiger partial charge in [-0.25, -0.2) is 8.42 Å². The number of nitrogens with one attached hydrogen (secondary N) is 1. The minimum atomic E-state index is -3.79. The zero-order chi connectivity index (χ0) is 27.7. The van der Waals surface area contributed by atoms with Crippen molar-refractivity contribution in [2.45, 2.75) is 32.9 Å². The lowest BCUT2D eigenvalue weighted by molar-refractivity contribution is -0.140. The molecule has 0 aliphatic heterocycles. The highest BCUT2D eigenvalue weighted by molar-refractivity contribution is 7.92. The van der Waals surface area contributed by atoms with Crippen LogP contribution in [0, 0.1) is 5.92 Å². The summed E-state index contributed by atoms with van der Waals surface area (Å²) in [4.78, 5) is 29.0. The zero-order valence-corrected chi connectivity index (χ0v) is 23.5. The van der Waals surface area contributed by atoms with E-state index in [1.807, 2.05) is 50.2 Å². The van der Waals surface area contributed by atoms with E-state index in [4.69, 9.17) is 11.6 Å². The molecule has 0 aliphatic carbocycles. The van der Waals surface area contributed by atoms with Crippen LogP contribution in [0.5, 0.6) is 0 Å². The molecule has 1 N–H and O–H groups in total. The largest absolute Gasteiger partial charge is 0.354 e. The van der Waals surface area contributed by atoms with Crippen molar-refractivity contribution in [1.29, 1.82) is 0 Å². The first kappa shape index (κ1) is 29.2. The van der Waals surface area contributed by atoms with Crippen molar-refractivity contribution in [3.63, 3.8) is 0 Å². The summed E-state index contributed by atoms with van der Waals surface area (Å²) in [5, 5.41) is 3.41. The summed E-state index contributed by atoms with van der Waals surface area (Å²) in [7, 11) is -3.79. The Kier molecular flexibility index (Phi) is 10.3. The fraction of sp³-hybridized carbons (Fsp3) is 0.310. The van der Waals surface area contributed by atoms with Gasteiger partial charge in [-0.3, -0.25) is 13.9 Å². The van der Waals surface area contributed by atoms with Gasteiger partial charge in [0.1, 0.15) is 12.6 Å². The van der Waals surface area contributed by atoms with Crippen LogP contribution in [0.2, 0.25) is 5.02 Å². The molecule has 0 aliphatic rings. The number of hydrogen-bond acceptors (Lipinski definition) is 4. The number of carbonyl (C=O) groups excluding carboxylic acids is 2. The minimum Gasteiger partial charge on any atom is -0.354 e. The number of rotatable bonds is 12. The Labute approximate surface area is 230 Å². The van der Waals surface area contributed by atoms with Gasteiger partial charge < -0.3 is 10.2 Å². The summed E-state index contributed by atoms with van der Waals surface area (Å²) in [6.45, 7) is 4.00. The van der Waals surface area contributed by atoms with Crippen LogP contribution in [-0.2, 0) is 32.6 Å². The monoisotopic (exact) mass is 555 g/mol. The topological polar surface area (TPSA) is 86.8 Å². The second-order valence-electron chi connectivity index (χ2n) is 9.56. The van der Waals surface area contributed by atoms with Gasteiger partial charge in [-0.2, -0.15) is 0 Å². The quantitative estimate of drug-likeness (QED) is 0.356. The van der Waals surface area contributed by atoms with E-state index in [-0.39, 0.29) is 24.8 Å². The van der Waals surface area contributed by atoms with Crippen molar-refractivity contribution in [2.24, 2.45) is 5.92 Å². The molecule has 3 aromatic rings. The van der Waals surface area contributed by atoms with E-state index in [0.29, 0.717) is 22.8 Å². The molecule has 38 heavy (non-hydrogen) atoms. The Morgan fingerprint density at radius 2 is 1.47 bits per heavy atom. The van der Waals surface area contributed by atoms with Crippen LogP contribution in [0.4, 0.5) is 5.69 Å². The molecular weight excluding hydrogens is 522 g/mol. The second kappa shape index (κ2) is 13.4. The van der Waals surface area contributed by atoms with Crippen molar-refractivity contribution in [1.82, 2.24) is 10.2 Å². The van der Waals surface area contributed by atoms with E-state index in [2.05, 4.69) is 5.32 Å². The zero-order valence-electron chi connectivity index (χ0n) is 21.9. The first-order valence-electron chi connectivity index (χ1n) is 12.4. The molecule has 202 valence electrons. The predicted molar refractivity (Wildman–Crippen MR) is 152 cm³/mol. The molecular formula is C29H34ClN3O4S. The average molecular weight is 556 g/mol. The number of para-hydroxylation sites is 1. The molecule has 0 unspecified atom stereocenters. The molecule has 3 aromatic carbocycles. The lowest BCUT2D eigenvalue weighted by atomic mass is 10.0. The summed E-state index contributed by atoms with van der Waals surface area (Å²) in [6.07, 6.45) is 1.31. The molecule has 0 heterocycles. The van der Waals surface area contributed by atoms with Gasteiger partial charge in [0.05, 0.1) is 11.9 Å². The number of nitrogens with zero attached hydrogens (tertiary/aromatic N) is 2. The van der Waals surface area contributed by atoms with E-state index >= 15 is 0 Å². The molecule has 0 aromatic heterocycles. The molecule has 0 radical (unpaired) electrons. The highest BCUT2D eigenvalue weighted by Crippen LogP contribution is 2.22. The van der Waals surface area contributed by atoms with Gasteiger partial charge in [0.25, 0.3) is 0 Å². The molecule has 2 amide bonds. The van der Waals surface area contributed by atoms with E-state index in [9.17, 15) is 18.0 Å². The smallest absolute Gasteiger partial charge is 0.244 e. The maximum Gasteiger partial charge on any atom is 0.244 e. The number of hydrogen-bond donors (Lipinski definition) is 1. The van der Waals surface area contributed by atoms with E-state index in [1.54, 1.807) is 48.5 Å². The van der Waals surface area contributed by atoms with Crippen LogP contribution in [0.25, 0.3) is 0 Å². The Bertz CT molecular complexity index is 1320. The Hall–Kier alpha value is -3.36. The van der Waals surface area contributed by atoms with Crippen molar-refractivity contribution in [2.75, 3.05) is 23.7 Å². The Morgan fingerprint density at radius 1 is 0.895 bits per heavy atom. The molecule has 3 rings (SSSR count). The molecule has 9 heteroatoms. The number of sulfonamides is 1. The summed E-state index contributed by atoms with van der Waals surface area (Å²) in [5.74, 6) is -0.615. The lowest BCUT2D eigenvalue weighted by Gasteiger charge is -2.33. The van der Waals surface area contributed by atoms with Crippen molar-refractivity contribution >= 4 is 39.1 Å². The van der Waals surface area contributed by atoms with Crippen LogP contribution >= 0.6 is 11.6 Å². The van der Waals surface area contributed by atoms with E-state index in [0.717, 1.165) is 16.1 Å². The van der Waals surface area contributed by atoms with Crippen LogP contribution in [-0.4, -0.2) is 50.5 Å². The SMILES string of the molecule is CC(C)CNC(=O)[C@@H](Cc1ccccc1)N(Cc1ccccc1Cl)C(=O)CN(c1ccccc1)S(C)(=O)=O. The summed E-state index contributed by atoms with van der Waals surface area (Å²) < 4.78 is 26.5. The van der Waals surface area contributed by atoms with E-state index < -0.39 is 28.5 Å². The third-order valence-corrected chi connectivity index (χ3v) is 7.49. The average Bonchev–Trinajstić information content (AvgIpc) is 2.89. The number of amides is 2. The van der Waals surface area contributed by atoms with Gasteiger partial charge in [0.2, 0.25) is 21.8 Å². The number of carbonyl (C=O) groups is 2. The summed E-state index contributed by atoms with van der Waals surface area (Å²) >= 11 is 6.45.